The highest BCUT2D eigenvalue weighted by Crippen LogP contribution is 2.06. The highest BCUT2D eigenvalue weighted by molar-refractivity contribution is 5.84. The van der Waals surface area contributed by atoms with Gasteiger partial charge in [0, 0.05) is 31.9 Å². The molecule has 110 valence electrons. The number of nitrogens with zero attached hydrogens (tertiary/aromatic N) is 3. The first-order chi connectivity index (χ1) is 9.70. The Morgan fingerprint density at radius 3 is 2.80 bits per heavy atom. The predicted molar refractivity (Wildman–Crippen MR) is 75.0 cm³/mol. The van der Waals surface area contributed by atoms with Crippen molar-refractivity contribution in [2.75, 3.05) is 19.6 Å². The number of likely N-dealkylation sites (tertiary alicyclic amines) is 1. The lowest BCUT2D eigenvalue weighted by molar-refractivity contribution is -0.132. The van der Waals surface area contributed by atoms with Crippen molar-refractivity contribution >= 4 is 11.8 Å². The van der Waals surface area contributed by atoms with E-state index in [9.17, 15) is 9.59 Å². The van der Waals surface area contributed by atoms with E-state index >= 15 is 0 Å². The molecule has 2 amide bonds. The summed E-state index contributed by atoms with van der Waals surface area (Å²) in [5.41, 5.74) is 0. The Morgan fingerprint density at radius 1 is 1.35 bits per heavy atom. The third kappa shape index (κ3) is 3.82. The van der Waals surface area contributed by atoms with Gasteiger partial charge in [-0.25, -0.2) is 4.98 Å². The minimum Gasteiger partial charge on any atom is -0.345 e. The second-order valence-electron chi connectivity index (χ2n) is 5.09. The summed E-state index contributed by atoms with van der Waals surface area (Å²) < 4.78 is 1.83. The molecule has 1 aliphatic rings. The maximum Gasteiger partial charge on any atom is 0.241 e. The molecule has 0 aliphatic carbocycles. The molecule has 0 atom stereocenters. The van der Waals surface area contributed by atoms with Crippen molar-refractivity contribution in [3.05, 3.63) is 18.2 Å². The molecule has 0 saturated carbocycles. The molecule has 1 aliphatic heterocycles. The van der Waals surface area contributed by atoms with E-state index in [1.165, 1.54) is 0 Å². The van der Waals surface area contributed by atoms with E-state index < -0.39 is 0 Å². The van der Waals surface area contributed by atoms with Gasteiger partial charge >= 0.3 is 0 Å². The molecule has 2 heterocycles. The fourth-order valence-electron chi connectivity index (χ4n) is 2.40. The highest BCUT2D eigenvalue weighted by Gasteiger charge is 2.18. The zero-order chi connectivity index (χ0) is 14.4. The van der Waals surface area contributed by atoms with Crippen LogP contribution < -0.4 is 5.32 Å². The Bertz CT molecular complexity index is 463. The van der Waals surface area contributed by atoms with E-state index in [1.807, 2.05) is 4.57 Å². The van der Waals surface area contributed by atoms with Crippen molar-refractivity contribution < 1.29 is 9.59 Å². The molecule has 1 aromatic heterocycles. The largest absolute Gasteiger partial charge is 0.345 e. The van der Waals surface area contributed by atoms with Crippen LogP contribution in [0.1, 0.15) is 32.0 Å². The number of hydrogen-bond acceptors (Lipinski definition) is 3. The zero-order valence-electron chi connectivity index (χ0n) is 12.0. The second kappa shape index (κ2) is 7.07. The zero-order valence-corrected chi connectivity index (χ0v) is 12.0. The number of aryl methyl sites for hydroxylation is 1. The normalized spacial score (nSPS) is 14.6. The minimum atomic E-state index is -0.145. The van der Waals surface area contributed by atoms with Gasteiger partial charge in [0.15, 0.2) is 0 Å². The molecule has 0 aromatic carbocycles. The Balaban J connectivity index is 1.77. The lowest BCUT2D eigenvalue weighted by Crippen LogP contribution is -2.39. The van der Waals surface area contributed by atoms with Crippen molar-refractivity contribution in [3.8, 4) is 0 Å². The fraction of sp³-hybridized carbons (Fsp3) is 0.643. The van der Waals surface area contributed by atoms with E-state index in [0.717, 1.165) is 44.6 Å². The topological polar surface area (TPSA) is 67.2 Å². The molecule has 0 spiro atoms. The van der Waals surface area contributed by atoms with Gasteiger partial charge in [-0.15, -0.1) is 0 Å². The van der Waals surface area contributed by atoms with E-state index in [0.29, 0.717) is 0 Å². The molecule has 0 bridgehead atoms. The van der Waals surface area contributed by atoms with Crippen molar-refractivity contribution in [2.45, 2.75) is 39.2 Å². The first-order valence-electron chi connectivity index (χ1n) is 7.25. The Hall–Kier alpha value is -1.85. The van der Waals surface area contributed by atoms with Gasteiger partial charge in [-0.2, -0.15) is 0 Å². The summed E-state index contributed by atoms with van der Waals surface area (Å²) in [6, 6.07) is 0. The van der Waals surface area contributed by atoms with E-state index in [2.05, 4.69) is 17.2 Å². The lowest BCUT2D eigenvalue weighted by atomic mass is 10.3. The van der Waals surface area contributed by atoms with Crippen LogP contribution in [0.4, 0.5) is 0 Å². The maximum atomic E-state index is 11.9. The van der Waals surface area contributed by atoms with Crippen molar-refractivity contribution in [1.82, 2.24) is 19.8 Å². The lowest BCUT2D eigenvalue weighted by Gasteiger charge is -2.15. The number of rotatable bonds is 6. The number of aromatic nitrogens is 2. The van der Waals surface area contributed by atoms with E-state index in [1.54, 1.807) is 17.3 Å². The van der Waals surface area contributed by atoms with Gasteiger partial charge in [0.25, 0.3) is 0 Å². The average Bonchev–Trinajstić information content (AvgIpc) is 3.09. The van der Waals surface area contributed by atoms with E-state index in [4.69, 9.17) is 0 Å². The molecule has 1 aromatic rings. The monoisotopic (exact) mass is 278 g/mol. The summed E-state index contributed by atoms with van der Waals surface area (Å²) in [5, 5.41) is 2.69. The number of imidazole rings is 1. The number of carbonyl (C=O) groups excluding carboxylic acids is 2. The van der Waals surface area contributed by atoms with Crippen LogP contribution in [0.25, 0.3) is 0 Å². The van der Waals surface area contributed by atoms with Gasteiger partial charge in [0.1, 0.15) is 12.4 Å². The molecular formula is C14H22N4O2. The molecule has 1 fully saturated rings. The number of nitrogens with one attached hydrogen (secondary N) is 1. The first-order valence-corrected chi connectivity index (χ1v) is 7.25. The summed E-state index contributed by atoms with van der Waals surface area (Å²) in [6.07, 6.45) is 7.48. The van der Waals surface area contributed by atoms with Crippen LogP contribution in [0.15, 0.2) is 12.4 Å². The highest BCUT2D eigenvalue weighted by atomic mass is 16.2. The Kier molecular flexibility index (Phi) is 5.15. The van der Waals surface area contributed by atoms with Crippen LogP contribution in [-0.2, 0) is 22.6 Å². The standard InChI is InChI=1S/C14H22N4O2/c1-2-5-12-15-6-9-18(12)11-13(19)16-10-14(20)17-7-3-4-8-17/h6,9H,2-5,7-8,10-11H2,1H3,(H,16,19). The van der Waals surface area contributed by atoms with E-state index in [-0.39, 0.29) is 24.9 Å². The summed E-state index contributed by atoms with van der Waals surface area (Å²) in [7, 11) is 0. The van der Waals surface area contributed by atoms with Crippen LogP contribution in [0.2, 0.25) is 0 Å². The van der Waals surface area contributed by atoms with Crippen molar-refractivity contribution in [1.29, 1.82) is 0 Å². The van der Waals surface area contributed by atoms with Gasteiger partial charge < -0.3 is 14.8 Å². The molecule has 0 radical (unpaired) electrons. The first kappa shape index (κ1) is 14.6. The van der Waals surface area contributed by atoms with Crippen molar-refractivity contribution in [2.24, 2.45) is 0 Å². The van der Waals surface area contributed by atoms with Crippen molar-refractivity contribution in [3.63, 3.8) is 0 Å². The van der Waals surface area contributed by atoms with Gasteiger partial charge in [-0.1, -0.05) is 6.92 Å². The maximum absolute atomic E-state index is 11.9. The molecule has 0 unspecified atom stereocenters. The number of amides is 2. The molecular weight excluding hydrogens is 256 g/mol. The predicted octanol–water partition coefficient (Wildman–Crippen LogP) is 0.574. The Morgan fingerprint density at radius 2 is 2.10 bits per heavy atom. The Labute approximate surface area is 119 Å². The van der Waals surface area contributed by atoms with Gasteiger partial charge in [0.05, 0.1) is 6.54 Å². The number of hydrogen-bond donors (Lipinski definition) is 1. The summed E-state index contributed by atoms with van der Waals surface area (Å²) in [6.45, 7) is 4.03. The molecule has 2 rings (SSSR count). The van der Waals surface area contributed by atoms with Crippen LogP contribution >= 0.6 is 0 Å². The minimum absolute atomic E-state index is 0.00950. The molecule has 1 N–H and O–H groups in total. The molecule has 6 nitrogen and oxygen atoms in total. The fourth-order valence-corrected chi connectivity index (χ4v) is 2.40. The quantitative estimate of drug-likeness (QED) is 0.827. The molecule has 6 heteroatoms. The summed E-state index contributed by atoms with van der Waals surface area (Å²) in [4.78, 5) is 29.7. The number of carbonyl (C=O) groups is 2. The van der Waals surface area contributed by atoms with Gasteiger partial charge in [-0.05, 0) is 19.3 Å². The van der Waals surface area contributed by atoms with Crippen LogP contribution in [0.3, 0.4) is 0 Å². The molecule has 20 heavy (non-hydrogen) atoms. The third-order valence-corrected chi connectivity index (χ3v) is 3.48. The summed E-state index contributed by atoms with van der Waals surface area (Å²) >= 11 is 0. The van der Waals surface area contributed by atoms with Crippen LogP contribution in [0, 0.1) is 0 Å². The third-order valence-electron chi connectivity index (χ3n) is 3.48. The second-order valence-corrected chi connectivity index (χ2v) is 5.09. The van der Waals surface area contributed by atoms with Gasteiger partial charge in [-0.3, -0.25) is 9.59 Å². The van der Waals surface area contributed by atoms with Crippen LogP contribution in [0.5, 0.6) is 0 Å². The average molecular weight is 278 g/mol. The SMILES string of the molecule is CCCc1nccn1CC(=O)NCC(=O)N1CCCC1. The smallest absolute Gasteiger partial charge is 0.241 e. The van der Waals surface area contributed by atoms with Crippen LogP contribution in [-0.4, -0.2) is 45.9 Å². The van der Waals surface area contributed by atoms with Gasteiger partial charge in [0.2, 0.25) is 11.8 Å². The molecule has 1 saturated heterocycles. The summed E-state index contributed by atoms with van der Waals surface area (Å²) in [5.74, 6) is 0.775.